The third-order valence-electron chi connectivity index (χ3n) is 2.38. The number of amides is 2. The van der Waals surface area contributed by atoms with Crippen molar-refractivity contribution in [1.29, 1.82) is 0 Å². The van der Waals surface area contributed by atoms with Crippen molar-refractivity contribution in [3.8, 4) is 0 Å². The number of carbonyl (C=O) groups excluding carboxylic acids is 2. The largest absolute Gasteiger partial charge is 0.329 e. The number of nitrogens with zero attached hydrogens (tertiary/aromatic N) is 3. The lowest BCUT2D eigenvalue weighted by Crippen LogP contribution is -2.60. The van der Waals surface area contributed by atoms with Gasteiger partial charge in [-0.15, -0.1) is 0 Å². The predicted octanol–water partition coefficient (Wildman–Crippen LogP) is 0.885. The molecule has 1 aliphatic rings. The molecule has 1 aliphatic heterocycles. The Labute approximate surface area is 102 Å². The fourth-order valence-electron chi connectivity index (χ4n) is 1.42. The van der Waals surface area contributed by atoms with E-state index in [9.17, 15) is 18.4 Å². The van der Waals surface area contributed by atoms with Crippen LogP contribution in [0.2, 0.25) is 0 Å². The third-order valence-corrected chi connectivity index (χ3v) is 2.63. The van der Waals surface area contributed by atoms with Crippen molar-refractivity contribution < 1.29 is 18.4 Å². The molecule has 0 N–H and O–H groups in total. The number of likely N-dealkylation sites (tertiary alicyclic amines) is 1. The van der Waals surface area contributed by atoms with Gasteiger partial charge in [-0.05, 0) is 6.92 Å². The molecule has 1 heterocycles. The van der Waals surface area contributed by atoms with E-state index >= 15 is 0 Å². The smallest absolute Gasteiger partial charge is 0.282 e. The SMILES string of the molecule is CC(=O)N(CC(=O)N1CC(F)(F)C1)C(C)=NCl. The lowest BCUT2D eigenvalue weighted by molar-refractivity contribution is -0.166. The zero-order chi connectivity index (χ0) is 13.2. The molecule has 0 saturated carbocycles. The fraction of sp³-hybridized carbons (Fsp3) is 0.667. The minimum Gasteiger partial charge on any atom is -0.329 e. The molecule has 96 valence electrons. The van der Waals surface area contributed by atoms with E-state index in [1.807, 2.05) is 0 Å². The lowest BCUT2D eigenvalue weighted by atomic mass is 10.1. The number of alkyl halides is 2. The number of halogens is 3. The Balaban J connectivity index is 2.58. The molecule has 1 saturated heterocycles. The molecule has 0 aliphatic carbocycles. The summed E-state index contributed by atoms with van der Waals surface area (Å²) in [6.07, 6.45) is 0. The predicted molar refractivity (Wildman–Crippen MR) is 57.9 cm³/mol. The summed E-state index contributed by atoms with van der Waals surface area (Å²) in [7, 11) is 0. The van der Waals surface area contributed by atoms with Gasteiger partial charge in [-0.3, -0.25) is 14.5 Å². The second kappa shape index (κ2) is 4.95. The van der Waals surface area contributed by atoms with Gasteiger partial charge >= 0.3 is 0 Å². The van der Waals surface area contributed by atoms with Crippen LogP contribution in [0.25, 0.3) is 0 Å². The van der Waals surface area contributed by atoms with Gasteiger partial charge in [0.2, 0.25) is 11.8 Å². The first-order chi connectivity index (χ1) is 7.76. The first kappa shape index (κ1) is 13.8. The lowest BCUT2D eigenvalue weighted by Gasteiger charge is -2.39. The number of hydrogen-bond donors (Lipinski definition) is 0. The average Bonchev–Trinajstić information content (AvgIpc) is 2.20. The molecule has 5 nitrogen and oxygen atoms in total. The van der Waals surface area contributed by atoms with E-state index < -0.39 is 30.8 Å². The molecule has 0 unspecified atom stereocenters. The van der Waals surface area contributed by atoms with E-state index in [4.69, 9.17) is 11.8 Å². The molecule has 0 radical (unpaired) electrons. The topological polar surface area (TPSA) is 53.0 Å². The molecule has 1 fully saturated rings. The van der Waals surface area contributed by atoms with E-state index in [0.717, 1.165) is 9.80 Å². The summed E-state index contributed by atoms with van der Waals surface area (Å²) in [5, 5.41) is 0. The van der Waals surface area contributed by atoms with Crippen molar-refractivity contribution in [1.82, 2.24) is 9.80 Å². The maximum absolute atomic E-state index is 12.6. The number of rotatable bonds is 2. The minimum atomic E-state index is -2.81. The van der Waals surface area contributed by atoms with Gasteiger partial charge in [0, 0.05) is 18.7 Å². The van der Waals surface area contributed by atoms with Crippen molar-refractivity contribution in [2.75, 3.05) is 19.6 Å². The molecule has 2 amide bonds. The van der Waals surface area contributed by atoms with Gasteiger partial charge < -0.3 is 4.90 Å². The highest BCUT2D eigenvalue weighted by atomic mass is 35.5. The van der Waals surface area contributed by atoms with Crippen LogP contribution in [-0.2, 0) is 9.59 Å². The Kier molecular flexibility index (Phi) is 4.03. The Hall–Kier alpha value is -1.24. The van der Waals surface area contributed by atoms with Gasteiger partial charge in [0.25, 0.3) is 5.92 Å². The first-order valence-corrected chi connectivity index (χ1v) is 5.20. The number of amidine groups is 1. The zero-order valence-electron chi connectivity index (χ0n) is 9.41. The molecule has 0 aromatic carbocycles. The maximum atomic E-state index is 12.6. The highest BCUT2D eigenvalue weighted by Crippen LogP contribution is 2.26. The Bertz CT molecular complexity index is 365. The van der Waals surface area contributed by atoms with E-state index in [1.165, 1.54) is 13.8 Å². The van der Waals surface area contributed by atoms with Crippen LogP contribution in [0.3, 0.4) is 0 Å². The summed E-state index contributed by atoms with van der Waals surface area (Å²) >= 11 is 5.20. The normalized spacial score (nSPS) is 18.6. The molecule has 0 bridgehead atoms. The highest BCUT2D eigenvalue weighted by molar-refractivity contribution is 6.20. The third kappa shape index (κ3) is 3.36. The molecule has 0 spiro atoms. The summed E-state index contributed by atoms with van der Waals surface area (Å²) < 4.78 is 28.4. The Morgan fingerprint density at radius 3 is 2.29 bits per heavy atom. The molecule has 8 heteroatoms. The van der Waals surface area contributed by atoms with Crippen molar-refractivity contribution in [3.05, 3.63) is 0 Å². The zero-order valence-corrected chi connectivity index (χ0v) is 10.2. The number of carbonyl (C=O) groups is 2. The molecule has 0 atom stereocenters. The summed E-state index contributed by atoms with van der Waals surface area (Å²) in [5.74, 6) is -3.63. The van der Waals surface area contributed by atoms with Gasteiger partial charge in [0.05, 0.1) is 13.1 Å². The van der Waals surface area contributed by atoms with Gasteiger partial charge in [-0.2, -0.15) is 4.51 Å². The van der Waals surface area contributed by atoms with Crippen LogP contribution in [0.4, 0.5) is 8.78 Å². The number of hydrogen-bond acceptors (Lipinski definition) is 3. The first-order valence-electron chi connectivity index (χ1n) is 4.86. The van der Waals surface area contributed by atoms with Crippen molar-refractivity contribution in [3.63, 3.8) is 0 Å². The second-order valence-electron chi connectivity index (χ2n) is 3.84. The Morgan fingerprint density at radius 2 is 1.94 bits per heavy atom. The average molecular weight is 268 g/mol. The van der Waals surface area contributed by atoms with Crippen molar-refractivity contribution in [2.45, 2.75) is 19.8 Å². The van der Waals surface area contributed by atoms with Crippen LogP contribution in [0.1, 0.15) is 13.8 Å². The summed E-state index contributed by atoms with van der Waals surface area (Å²) in [5.41, 5.74) is 0. The molecule has 17 heavy (non-hydrogen) atoms. The summed E-state index contributed by atoms with van der Waals surface area (Å²) in [6.45, 7) is 1.16. The fourth-order valence-corrected chi connectivity index (χ4v) is 1.51. The maximum Gasteiger partial charge on any atom is 0.282 e. The van der Waals surface area contributed by atoms with Crippen LogP contribution < -0.4 is 0 Å². The van der Waals surface area contributed by atoms with Gasteiger partial charge in [-0.1, -0.05) is 0 Å². The molecule has 0 aromatic rings. The van der Waals surface area contributed by atoms with E-state index in [-0.39, 0.29) is 12.4 Å². The van der Waals surface area contributed by atoms with Crippen LogP contribution in [-0.4, -0.2) is 53.0 Å². The summed E-state index contributed by atoms with van der Waals surface area (Å²) in [6, 6.07) is 0. The van der Waals surface area contributed by atoms with Crippen molar-refractivity contribution in [2.24, 2.45) is 4.51 Å². The Morgan fingerprint density at radius 1 is 1.41 bits per heavy atom. The molecular formula is C9H12ClF2N3O2. The van der Waals surface area contributed by atoms with Crippen molar-refractivity contribution >= 4 is 29.4 Å². The highest BCUT2D eigenvalue weighted by Gasteiger charge is 2.46. The standard InChI is InChI=1S/C9H12ClF2N3O2/c1-6(13-10)15(7(2)16)3-8(17)14-4-9(11,12)5-14/h3-5H2,1-2H3. The van der Waals surface area contributed by atoms with Gasteiger partial charge in [0.15, 0.2) is 0 Å². The molecule has 0 aromatic heterocycles. The van der Waals surface area contributed by atoms with Gasteiger partial charge in [0.1, 0.15) is 12.4 Å². The van der Waals surface area contributed by atoms with Crippen LogP contribution in [0, 0.1) is 0 Å². The van der Waals surface area contributed by atoms with E-state index in [2.05, 4.69) is 4.51 Å². The summed E-state index contributed by atoms with van der Waals surface area (Å²) in [4.78, 5) is 24.8. The van der Waals surface area contributed by atoms with Crippen LogP contribution in [0.15, 0.2) is 4.51 Å². The minimum absolute atomic E-state index is 0.153. The van der Waals surface area contributed by atoms with Crippen LogP contribution >= 0.6 is 11.8 Å². The van der Waals surface area contributed by atoms with E-state index in [0.29, 0.717) is 0 Å². The molecule has 1 rings (SSSR count). The monoisotopic (exact) mass is 267 g/mol. The molecular weight excluding hydrogens is 256 g/mol. The quantitative estimate of drug-likeness (QED) is 0.551. The van der Waals surface area contributed by atoms with E-state index in [1.54, 1.807) is 0 Å². The second-order valence-corrected chi connectivity index (χ2v) is 4.01. The van der Waals surface area contributed by atoms with Gasteiger partial charge in [-0.25, -0.2) is 8.78 Å². The van der Waals surface area contributed by atoms with Crippen LogP contribution in [0.5, 0.6) is 0 Å².